The van der Waals surface area contributed by atoms with E-state index in [-0.39, 0.29) is 6.61 Å². The first kappa shape index (κ1) is 13.7. The van der Waals surface area contributed by atoms with Crippen LogP contribution in [0.25, 0.3) is 0 Å². The Morgan fingerprint density at radius 1 is 1.29 bits per heavy atom. The molecular formula is C12H22N4O. The summed E-state index contributed by atoms with van der Waals surface area (Å²) in [6.45, 7) is 6.06. The number of nitrogens with one attached hydrogen (secondary N) is 2. The number of hydrogen-bond acceptors (Lipinski definition) is 5. The average molecular weight is 238 g/mol. The lowest BCUT2D eigenvalue weighted by molar-refractivity contribution is 0.229. The van der Waals surface area contributed by atoms with Crippen molar-refractivity contribution in [3.8, 4) is 0 Å². The molecule has 0 bridgehead atoms. The summed E-state index contributed by atoms with van der Waals surface area (Å²) in [7, 11) is 0. The van der Waals surface area contributed by atoms with E-state index < -0.39 is 0 Å². The molecule has 0 saturated carbocycles. The zero-order chi connectivity index (χ0) is 12.5. The molecule has 1 rings (SSSR count). The summed E-state index contributed by atoms with van der Waals surface area (Å²) in [5.74, 6) is 2.06. The Labute approximate surface area is 103 Å². The van der Waals surface area contributed by atoms with E-state index in [1.54, 1.807) is 6.33 Å². The number of anilines is 2. The Morgan fingerprint density at radius 2 is 2.00 bits per heavy atom. The fraction of sp³-hybridized carbons (Fsp3) is 0.667. The summed E-state index contributed by atoms with van der Waals surface area (Å²) in [5, 5.41) is 15.3. The topological polar surface area (TPSA) is 70.1 Å². The van der Waals surface area contributed by atoms with Gasteiger partial charge in [0.15, 0.2) is 0 Å². The molecule has 0 saturated heterocycles. The number of aliphatic hydroxyl groups excluding tert-OH is 1. The van der Waals surface area contributed by atoms with E-state index in [2.05, 4.69) is 20.6 Å². The summed E-state index contributed by atoms with van der Waals surface area (Å²) < 4.78 is 0. The molecule has 0 fully saturated rings. The number of nitrogens with zero attached hydrogens (tertiary/aromatic N) is 2. The van der Waals surface area contributed by atoms with Gasteiger partial charge >= 0.3 is 0 Å². The molecule has 1 unspecified atom stereocenters. The van der Waals surface area contributed by atoms with Crippen LogP contribution in [0.3, 0.4) is 0 Å². The molecule has 0 aliphatic rings. The zero-order valence-corrected chi connectivity index (χ0v) is 10.6. The van der Waals surface area contributed by atoms with Crippen molar-refractivity contribution in [1.82, 2.24) is 9.97 Å². The largest absolute Gasteiger partial charge is 0.396 e. The molecule has 5 heteroatoms. The number of aliphatic hydroxyl groups is 1. The average Bonchev–Trinajstić information content (AvgIpc) is 2.35. The van der Waals surface area contributed by atoms with Crippen molar-refractivity contribution in [2.45, 2.75) is 26.7 Å². The van der Waals surface area contributed by atoms with E-state index in [1.165, 1.54) is 0 Å². The van der Waals surface area contributed by atoms with Gasteiger partial charge < -0.3 is 15.7 Å². The molecule has 0 spiro atoms. The van der Waals surface area contributed by atoms with Gasteiger partial charge in [-0.2, -0.15) is 0 Å². The Bertz CT molecular complexity index is 319. The van der Waals surface area contributed by atoms with Gasteiger partial charge in [0.2, 0.25) is 0 Å². The standard InChI is InChI=1S/C12H22N4O/c1-3-13-11-7-12(16-9-15-11)14-6-4-5-10(2)8-17/h7,9-10,17H,3-6,8H2,1-2H3,(H2,13,14,15,16). The van der Waals surface area contributed by atoms with Gasteiger partial charge in [0.1, 0.15) is 18.0 Å². The highest BCUT2D eigenvalue weighted by atomic mass is 16.3. The minimum Gasteiger partial charge on any atom is -0.396 e. The first-order valence-corrected chi connectivity index (χ1v) is 6.17. The molecule has 0 aromatic carbocycles. The highest BCUT2D eigenvalue weighted by Crippen LogP contribution is 2.09. The van der Waals surface area contributed by atoms with Gasteiger partial charge in [-0.1, -0.05) is 6.92 Å². The van der Waals surface area contributed by atoms with Crippen LogP contribution in [0.5, 0.6) is 0 Å². The van der Waals surface area contributed by atoms with Crippen molar-refractivity contribution < 1.29 is 5.11 Å². The molecule has 5 nitrogen and oxygen atoms in total. The Morgan fingerprint density at radius 3 is 2.65 bits per heavy atom. The number of aromatic nitrogens is 2. The second kappa shape index (κ2) is 7.84. The van der Waals surface area contributed by atoms with Gasteiger partial charge in [0.05, 0.1) is 0 Å². The molecule has 1 aromatic rings. The summed E-state index contributed by atoms with van der Waals surface area (Å²) in [5.41, 5.74) is 0. The van der Waals surface area contributed by atoms with E-state index in [0.29, 0.717) is 5.92 Å². The van der Waals surface area contributed by atoms with Gasteiger partial charge in [-0.15, -0.1) is 0 Å². The van der Waals surface area contributed by atoms with Gasteiger partial charge in [-0.05, 0) is 25.7 Å². The van der Waals surface area contributed by atoms with Crippen LogP contribution in [0.15, 0.2) is 12.4 Å². The van der Waals surface area contributed by atoms with Gasteiger partial charge in [0.25, 0.3) is 0 Å². The predicted molar refractivity (Wildman–Crippen MR) is 70.2 cm³/mol. The minimum absolute atomic E-state index is 0.262. The molecule has 1 heterocycles. The molecular weight excluding hydrogens is 216 g/mol. The summed E-state index contributed by atoms with van der Waals surface area (Å²) in [6.07, 6.45) is 3.60. The first-order chi connectivity index (χ1) is 8.26. The molecule has 1 atom stereocenters. The van der Waals surface area contributed by atoms with E-state index in [4.69, 9.17) is 5.11 Å². The van der Waals surface area contributed by atoms with Crippen LogP contribution in [0.1, 0.15) is 26.7 Å². The van der Waals surface area contributed by atoms with Crippen LogP contribution in [-0.4, -0.2) is 34.8 Å². The molecule has 96 valence electrons. The molecule has 1 aromatic heterocycles. The molecule has 3 N–H and O–H groups in total. The normalized spacial score (nSPS) is 12.2. The van der Waals surface area contributed by atoms with Crippen molar-refractivity contribution in [1.29, 1.82) is 0 Å². The summed E-state index contributed by atoms with van der Waals surface area (Å²) in [4.78, 5) is 8.25. The van der Waals surface area contributed by atoms with Gasteiger partial charge in [-0.25, -0.2) is 9.97 Å². The smallest absolute Gasteiger partial charge is 0.131 e. The SMILES string of the molecule is CCNc1cc(NCCCC(C)CO)ncn1. The molecule has 0 aliphatic heterocycles. The van der Waals surface area contributed by atoms with Crippen LogP contribution < -0.4 is 10.6 Å². The highest BCUT2D eigenvalue weighted by Gasteiger charge is 2.00. The number of rotatable bonds is 8. The highest BCUT2D eigenvalue weighted by molar-refractivity contribution is 5.46. The second-order valence-electron chi connectivity index (χ2n) is 4.18. The van der Waals surface area contributed by atoms with E-state index in [0.717, 1.165) is 37.6 Å². The molecule has 17 heavy (non-hydrogen) atoms. The lowest BCUT2D eigenvalue weighted by Crippen LogP contribution is -2.08. The zero-order valence-electron chi connectivity index (χ0n) is 10.6. The van der Waals surface area contributed by atoms with Crippen molar-refractivity contribution >= 4 is 11.6 Å². The quantitative estimate of drug-likeness (QED) is 0.602. The third-order valence-corrected chi connectivity index (χ3v) is 2.52. The van der Waals surface area contributed by atoms with Crippen LogP contribution in [0.2, 0.25) is 0 Å². The Kier molecular flexibility index (Phi) is 6.32. The van der Waals surface area contributed by atoms with Crippen LogP contribution in [0.4, 0.5) is 11.6 Å². The summed E-state index contributed by atoms with van der Waals surface area (Å²) >= 11 is 0. The van der Waals surface area contributed by atoms with Crippen molar-refractivity contribution in [2.75, 3.05) is 30.3 Å². The fourth-order valence-corrected chi connectivity index (χ4v) is 1.49. The Balaban J connectivity index is 2.28. The lowest BCUT2D eigenvalue weighted by atomic mass is 10.1. The maximum absolute atomic E-state index is 8.90. The Hall–Kier alpha value is -1.36. The lowest BCUT2D eigenvalue weighted by Gasteiger charge is -2.09. The molecule has 0 amide bonds. The second-order valence-corrected chi connectivity index (χ2v) is 4.18. The molecule has 0 radical (unpaired) electrons. The summed E-state index contributed by atoms with van der Waals surface area (Å²) in [6, 6.07) is 1.90. The van der Waals surface area contributed by atoms with Crippen molar-refractivity contribution in [3.05, 3.63) is 12.4 Å². The minimum atomic E-state index is 0.262. The predicted octanol–water partition coefficient (Wildman–Crippen LogP) is 1.73. The first-order valence-electron chi connectivity index (χ1n) is 6.17. The van der Waals surface area contributed by atoms with Gasteiger partial charge in [0, 0.05) is 25.8 Å². The van der Waals surface area contributed by atoms with Crippen LogP contribution in [-0.2, 0) is 0 Å². The third-order valence-electron chi connectivity index (χ3n) is 2.52. The monoisotopic (exact) mass is 238 g/mol. The van der Waals surface area contributed by atoms with Crippen LogP contribution in [0, 0.1) is 5.92 Å². The third kappa shape index (κ3) is 5.49. The van der Waals surface area contributed by atoms with E-state index in [9.17, 15) is 0 Å². The maximum Gasteiger partial charge on any atom is 0.131 e. The van der Waals surface area contributed by atoms with E-state index >= 15 is 0 Å². The maximum atomic E-state index is 8.90. The number of hydrogen-bond donors (Lipinski definition) is 3. The van der Waals surface area contributed by atoms with Gasteiger partial charge in [-0.3, -0.25) is 0 Å². The van der Waals surface area contributed by atoms with Crippen LogP contribution >= 0.6 is 0 Å². The molecule has 0 aliphatic carbocycles. The van der Waals surface area contributed by atoms with Crippen molar-refractivity contribution in [3.63, 3.8) is 0 Å². The fourth-order valence-electron chi connectivity index (χ4n) is 1.49. The van der Waals surface area contributed by atoms with Crippen molar-refractivity contribution in [2.24, 2.45) is 5.92 Å². The van der Waals surface area contributed by atoms with E-state index in [1.807, 2.05) is 19.9 Å².